The van der Waals surface area contributed by atoms with Crippen LogP contribution in [-0.4, -0.2) is 98.0 Å². The van der Waals surface area contributed by atoms with Gasteiger partial charge in [0, 0.05) is 45.2 Å². The fourth-order valence-electron chi connectivity index (χ4n) is 4.69. The van der Waals surface area contributed by atoms with Crippen molar-refractivity contribution in [3.05, 3.63) is 23.8 Å². The van der Waals surface area contributed by atoms with Crippen LogP contribution in [0.1, 0.15) is 37.7 Å². The summed E-state index contributed by atoms with van der Waals surface area (Å²) in [7, 11) is -5.06. The highest BCUT2D eigenvalue weighted by atomic mass is 32.2. The number of carboxylic acid groups (broad SMARTS) is 1. The van der Waals surface area contributed by atoms with Crippen LogP contribution in [0.2, 0.25) is 0 Å². The molecular weight excluding hydrogens is 616 g/mol. The van der Waals surface area contributed by atoms with Gasteiger partial charge in [0.1, 0.15) is 0 Å². The zero-order valence-electron chi connectivity index (χ0n) is 22.4. The molecule has 240 valence electrons. The monoisotopic (exact) mass is 645 g/mol. The average Bonchev–Trinajstić information content (AvgIpc) is 3.76. The summed E-state index contributed by atoms with van der Waals surface area (Å²) < 4.78 is 102. The number of carbonyl (C=O) groups is 4. The number of hydrogen-bond acceptors (Lipinski definition) is 7. The maximum absolute atomic E-state index is 14.2. The van der Waals surface area contributed by atoms with Crippen molar-refractivity contribution >= 4 is 39.4 Å². The summed E-state index contributed by atoms with van der Waals surface area (Å²) in [6.45, 7) is 1.56. The van der Waals surface area contributed by atoms with Gasteiger partial charge < -0.3 is 20.6 Å². The number of aliphatic carboxylic acids is 1. The van der Waals surface area contributed by atoms with E-state index in [9.17, 15) is 49.1 Å². The normalized spacial score (nSPS) is 19.3. The third-order valence-electron chi connectivity index (χ3n) is 6.93. The number of halogens is 6. The number of nitrogens with one attached hydrogen (secondary N) is 1. The number of alkyl halides is 6. The zero-order valence-corrected chi connectivity index (χ0v) is 23.3. The molecule has 0 aromatic heterocycles. The fourth-order valence-corrected chi connectivity index (χ4v) is 6.09. The topological polar surface area (TPSA) is 170 Å². The van der Waals surface area contributed by atoms with Gasteiger partial charge in [-0.15, -0.1) is 0 Å². The molecule has 2 aliphatic heterocycles. The lowest BCUT2D eigenvalue weighted by Gasteiger charge is -2.36. The Kier molecular flexibility index (Phi) is 10.3. The van der Waals surface area contributed by atoms with E-state index in [2.05, 4.69) is 4.90 Å². The number of amides is 3. The van der Waals surface area contributed by atoms with Crippen LogP contribution in [0.3, 0.4) is 0 Å². The average molecular weight is 646 g/mol. The number of hydrogen-bond donors (Lipinski definition) is 3. The summed E-state index contributed by atoms with van der Waals surface area (Å²) >= 11 is 0. The van der Waals surface area contributed by atoms with Crippen LogP contribution in [-0.2, 0) is 35.4 Å². The Labute approximate surface area is 241 Å². The molecule has 3 fully saturated rings. The van der Waals surface area contributed by atoms with Gasteiger partial charge in [-0.05, 0) is 37.8 Å². The number of piperazine rings is 1. The van der Waals surface area contributed by atoms with Crippen LogP contribution in [0, 0.1) is 0 Å². The summed E-state index contributed by atoms with van der Waals surface area (Å²) in [5.41, 5.74) is 3.18. The van der Waals surface area contributed by atoms with E-state index in [1.165, 1.54) is 4.90 Å². The van der Waals surface area contributed by atoms with Crippen LogP contribution >= 0.6 is 0 Å². The molecule has 0 radical (unpaired) electrons. The van der Waals surface area contributed by atoms with Gasteiger partial charge in [0.15, 0.2) is 6.04 Å². The SMILES string of the molecule is NC(=O)[C@H](NS(=O)(=O)c1cccc(N2CCCCC2=O)c1C(F)(F)F)C(=O)N1CCN(C2CC2)CC1.O=C(O)C(F)(F)F. The largest absolute Gasteiger partial charge is 0.490 e. The molecule has 1 aromatic rings. The smallest absolute Gasteiger partial charge is 0.475 e. The molecule has 4 rings (SSSR count). The van der Waals surface area contributed by atoms with E-state index in [4.69, 9.17) is 15.6 Å². The van der Waals surface area contributed by atoms with Crippen LogP contribution in [0.25, 0.3) is 0 Å². The van der Waals surface area contributed by atoms with E-state index in [1.807, 2.05) is 0 Å². The van der Waals surface area contributed by atoms with Crippen molar-refractivity contribution < 1.29 is 59.0 Å². The molecule has 43 heavy (non-hydrogen) atoms. The quantitative estimate of drug-likeness (QED) is 0.294. The van der Waals surface area contributed by atoms with Gasteiger partial charge in [-0.3, -0.25) is 19.3 Å². The maximum atomic E-state index is 14.2. The Hall–Kier alpha value is -3.45. The van der Waals surface area contributed by atoms with Crippen molar-refractivity contribution in [2.75, 3.05) is 37.6 Å². The lowest BCUT2D eigenvalue weighted by molar-refractivity contribution is -0.192. The number of benzene rings is 1. The van der Waals surface area contributed by atoms with Crippen molar-refractivity contribution in [3.8, 4) is 0 Å². The minimum absolute atomic E-state index is 0.00801. The second kappa shape index (κ2) is 13.0. The van der Waals surface area contributed by atoms with E-state index < -0.39 is 68.3 Å². The van der Waals surface area contributed by atoms with Gasteiger partial charge in [-0.1, -0.05) is 6.07 Å². The minimum atomic E-state index is -5.15. The van der Waals surface area contributed by atoms with Crippen LogP contribution in [0.5, 0.6) is 0 Å². The molecule has 4 N–H and O–H groups in total. The van der Waals surface area contributed by atoms with E-state index in [-0.39, 0.29) is 26.1 Å². The van der Waals surface area contributed by atoms with Crippen molar-refractivity contribution in [1.82, 2.24) is 14.5 Å². The third-order valence-corrected chi connectivity index (χ3v) is 8.39. The predicted molar refractivity (Wildman–Crippen MR) is 136 cm³/mol. The Bertz CT molecular complexity index is 1340. The molecule has 1 aliphatic carbocycles. The van der Waals surface area contributed by atoms with Crippen molar-refractivity contribution in [2.24, 2.45) is 5.73 Å². The number of primary amides is 1. The first-order valence-electron chi connectivity index (χ1n) is 13.0. The van der Waals surface area contributed by atoms with Crippen molar-refractivity contribution in [3.63, 3.8) is 0 Å². The molecule has 2 saturated heterocycles. The lowest BCUT2D eigenvalue weighted by Crippen LogP contribution is -2.59. The molecule has 1 saturated carbocycles. The Morgan fingerprint density at radius 1 is 0.977 bits per heavy atom. The van der Waals surface area contributed by atoms with Crippen LogP contribution < -0.4 is 15.4 Å². The summed E-state index contributed by atoms with van der Waals surface area (Å²) in [4.78, 5) is 49.5. The molecule has 3 aliphatic rings. The number of carbonyl (C=O) groups excluding carboxylic acids is 3. The number of rotatable bonds is 7. The van der Waals surface area contributed by atoms with Gasteiger partial charge >= 0.3 is 18.3 Å². The second-order valence-corrected chi connectivity index (χ2v) is 11.7. The van der Waals surface area contributed by atoms with Gasteiger partial charge in [-0.25, -0.2) is 13.2 Å². The molecule has 0 spiro atoms. The van der Waals surface area contributed by atoms with Crippen molar-refractivity contribution in [1.29, 1.82) is 0 Å². The summed E-state index contributed by atoms with van der Waals surface area (Å²) in [6.07, 6.45) is -7.07. The third kappa shape index (κ3) is 8.56. The van der Waals surface area contributed by atoms with E-state index in [0.29, 0.717) is 32.0 Å². The molecule has 0 unspecified atom stereocenters. The van der Waals surface area contributed by atoms with E-state index in [0.717, 1.165) is 35.9 Å². The first-order valence-corrected chi connectivity index (χ1v) is 14.5. The molecule has 3 amide bonds. The number of nitrogens with zero attached hydrogens (tertiary/aromatic N) is 3. The van der Waals surface area contributed by atoms with E-state index in [1.54, 1.807) is 4.72 Å². The molecule has 1 aromatic carbocycles. The first-order chi connectivity index (χ1) is 19.8. The highest BCUT2D eigenvalue weighted by Gasteiger charge is 2.44. The Balaban J connectivity index is 0.000000646. The molecule has 1 atom stereocenters. The highest BCUT2D eigenvalue weighted by Crippen LogP contribution is 2.42. The highest BCUT2D eigenvalue weighted by molar-refractivity contribution is 7.89. The van der Waals surface area contributed by atoms with Crippen LogP contribution in [0.15, 0.2) is 23.1 Å². The Morgan fingerprint density at radius 3 is 2.02 bits per heavy atom. The molecule has 0 bridgehead atoms. The number of sulfonamides is 1. The number of anilines is 1. The lowest BCUT2D eigenvalue weighted by atomic mass is 10.1. The van der Waals surface area contributed by atoms with Crippen LogP contribution in [0.4, 0.5) is 32.0 Å². The summed E-state index contributed by atoms with van der Waals surface area (Å²) in [6, 6.07) is 1.22. The van der Waals surface area contributed by atoms with Gasteiger partial charge in [0.05, 0.1) is 16.1 Å². The number of nitrogens with two attached hydrogens (primary N) is 1. The summed E-state index contributed by atoms with van der Waals surface area (Å²) in [5.74, 6) is -5.56. The molecule has 12 nitrogen and oxygen atoms in total. The molecule has 2 heterocycles. The Morgan fingerprint density at radius 2 is 1.56 bits per heavy atom. The van der Waals surface area contributed by atoms with Gasteiger partial charge in [0.2, 0.25) is 21.8 Å². The van der Waals surface area contributed by atoms with Gasteiger partial charge in [0.25, 0.3) is 5.91 Å². The molecule has 19 heteroatoms. The standard InChI is InChI=1S/C22H28F3N5O5S.C2HF3O2/c23-22(24,25)18-15(30-9-2-1-6-17(30)31)4-3-5-16(18)36(34,35)27-19(20(26)32)21(33)29-12-10-28(11-13-29)14-7-8-14;3-2(4,5)1(6)7/h3-5,14,19,27H,1-2,6-13H2,(H2,26,32);(H,6,7)/t19-;/m0./s1. The second-order valence-electron chi connectivity index (χ2n) is 10.0. The predicted octanol–water partition coefficient (Wildman–Crippen LogP) is 1.29. The van der Waals surface area contributed by atoms with E-state index >= 15 is 0 Å². The van der Waals surface area contributed by atoms with Crippen molar-refractivity contribution in [2.45, 2.75) is 61.4 Å². The molecular formula is C24H29F6N5O7S. The first kappa shape index (κ1) is 34.0. The minimum Gasteiger partial charge on any atom is -0.475 e. The summed E-state index contributed by atoms with van der Waals surface area (Å²) in [5, 5.41) is 7.12. The maximum Gasteiger partial charge on any atom is 0.490 e. The van der Waals surface area contributed by atoms with Gasteiger partial charge in [-0.2, -0.15) is 31.1 Å². The fraction of sp³-hybridized carbons (Fsp3) is 0.583. The zero-order chi connectivity index (χ0) is 32.3. The number of piperidine rings is 1. The number of carboxylic acids is 1.